The van der Waals surface area contributed by atoms with E-state index in [0.29, 0.717) is 42.1 Å². The molecule has 0 radical (unpaired) electrons. The van der Waals surface area contributed by atoms with Crippen molar-refractivity contribution in [2.75, 3.05) is 20.2 Å². The molecule has 0 saturated carbocycles. The molecule has 0 bridgehead atoms. The number of benzene rings is 1. The van der Waals surface area contributed by atoms with E-state index in [-0.39, 0.29) is 18.1 Å². The minimum atomic E-state index is -0.642. The van der Waals surface area contributed by atoms with Gasteiger partial charge in [0.05, 0.1) is 31.2 Å². The van der Waals surface area contributed by atoms with Crippen molar-refractivity contribution in [1.82, 2.24) is 9.88 Å². The number of carbonyl (C=O) groups is 2. The number of hydrogen-bond acceptors (Lipinski definition) is 5. The second-order valence-corrected chi connectivity index (χ2v) is 6.47. The first kappa shape index (κ1) is 15.6. The van der Waals surface area contributed by atoms with Crippen molar-refractivity contribution in [2.24, 2.45) is 0 Å². The number of likely N-dealkylation sites (tertiary alicyclic amines) is 1. The molecule has 2 aromatic rings. The van der Waals surface area contributed by atoms with E-state index in [9.17, 15) is 9.59 Å². The Morgan fingerprint density at radius 1 is 1.36 bits per heavy atom. The van der Waals surface area contributed by atoms with E-state index in [4.69, 9.17) is 9.47 Å². The van der Waals surface area contributed by atoms with Gasteiger partial charge in [-0.1, -0.05) is 0 Å². The third-order valence-electron chi connectivity index (χ3n) is 4.81. The van der Waals surface area contributed by atoms with Crippen molar-refractivity contribution < 1.29 is 19.1 Å². The molecule has 1 aromatic carbocycles. The van der Waals surface area contributed by atoms with Gasteiger partial charge in [0.15, 0.2) is 5.78 Å². The summed E-state index contributed by atoms with van der Waals surface area (Å²) in [5.41, 5.74) is 0.449. The maximum absolute atomic E-state index is 12.6. The molecule has 2 aliphatic rings. The smallest absolute Gasteiger partial charge is 0.255 e. The number of Topliss-reactive ketones (excluding diaryl/α,β-unsaturated/α-hetero) is 1. The summed E-state index contributed by atoms with van der Waals surface area (Å²) < 4.78 is 11.4. The number of carbonyl (C=O) groups excluding carboxylic acids is 2. The Bertz CT molecular complexity index is 837. The first-order valence-electron chi connectivity index (χ1n) is 8.20. The maximum Gasteiger partial charge on any atom is 0.255 e. The fraction of sp³-hybridized carbons (Fsp3) is 0.316. The molecule has 1 aromatic heterocycles. The van der Waals surface area contributed by atoms with Crippen molar-refractivity contribution in [3.05, 3.63) is 53.9 Å². The molecule has 1 unspecified atom stereocenters. The van der Waals surface area contributed by atoms with Gasteiger partial charge in [-0.2, -0.15) is 0 Å². The van der Waals surface area contributed by atoms with Crippen LogP contribution in [0.1, 0.15) is 33.6 Å². The highest BCUT2D eigenvalue weighted by Gasteiger charge is 2.47. The Morgan fingerprint density at radius 3 is 3.00 bits per heavy atom. The molecule has 6 heteroatoms. The third kappa shape index (κ3) is 2.73. The zero-order valence-corrected chi connectivity index (χ0v) is 13.9. The largest absolute Gasteiger partial charge is 0.497 e. The van der Waals surface area contributed by atoms with Crippen molar-refractivity contribution in [3.63, 3.8) is 0 Å². The Kier molecular flexibility index (Phi) is 3.67. The van der Waals surface area contributed by atoms with Crippen LogP contribution in [0.15, 0.2) is 42.7 Å². The highest BCUT2D eigenvalue weighted by molar-refractivity contribution is 6.01. The number of pyridine rings is 1. The van der Waals surface area contributed by atoms with Crippen LogP contribution in [0.25, 0.3) is 0 Å². The molecule has 128 valence electrons. The summed E-state index contributed by atoms with van der Waals surface area (Å²) in [6, 6.07) is 8.73. The summed E-state index contributed by atoms with van der Waals surface area (Å²) in [6.07, 6.45) is 4.10. The van der Waals surface area contributed by atoms with Gasteiger partial charge in [0.25, 0.3) is 5.91 Å². The lowest BCUT2D eigenvalue weighted by Gasteiger charge is -2.34. The van der Waals surface area contributed by atoms with E-state index < -0.39 is 5.60 Å². The lowest BCUT2D eigenvalue weighted by molar-refractivity contribution is 0.0427. The number of rotatable bonds is 2. The second kappa shape index (κ2) is 5.88. The number of hydrogen-bond donors (Lipinski definition) is 0. The molecule has 1 amide bonds. The summed E-state index contributed by atoms with van der Waals surface area (Å²) in [7, 11) is 1.57. The Morgan fingerprint density at radius 2 is 2.24 bits per heavy atom. The van der Waals surface area contributed by atoms with Gasteiger partial charge in [0.2, 0.25) is 0 Å². The van der Waals surface area contributed by atoms with Gasteiger partial charge in [0, 0.05) is 25.4 Å². The van der Waals surface area contributed by atoms with Crippen LogP contribution in [0.5, 0.6) is 11.5 Å². The minimum absolute atomic E-state index is 0.0239. The molecule has 0 N–H and O–H groups in total. The molecular formula is C19H18N2O4. The minimum Gasteiger partial charge on any atom is -0.497 e. The molecule has 1 saturated heterocycles. The number of nitrogens with zero attached hydrogens (tertiary/aromatic N) is 2. The average molecular weight is 338 g/mol. The summed E-state index contributed by atoms with van der Waals surface area (Å²) in [5.74, 6) is 1.14. The molecule has 25 heavy (non-hydrogen) atoms. The van der Waals surface area contributed by atoms with Crippen LogP contribution in [0.4, 0.5) is 0 Å². The van der Waals surface area contributed by atoms with Gasteiger partial charge >= 0.3 is 0 Å². The number of ether oxygens (including phenoxy) is 2. The third-order valence-corrected chi connectivity index (χ3v) is 4.81. The van der Waals surface area contributed by atoms with Crippen LogP contribution < -0.4 is 9.47 Å². The average Bonchev–Trinajstić information content (AvgIpc) is 3.04. The summed E-state index contributed by atoms with van der Waals surface area (Å²) in [4.78, 5) is 31.0. The summed E-state index contributed by atoms with van der Waals surface area (Å²) in [5, 5.41) is 0. The molecule has 3 heterocycles. The normalized spacial score (nSPS) is 21.8. The predicted octanol–water partition coefficient (Wildman–Crippen LogP) is 2.34. The number of amides is 1. The predicted molar refractivity (Wildman–Crippen MR) is 90.1 cm³/mol. The van der Waals surface area contributed by atoms with E-state index in [1.54, 1.807) is 54.7 Å². The zero-order valence-electron chi connectivity index (χ0n) is 13.9. The van der Waals surface area contributed by atoms with Crippen molar-refractivity contribution in [1.29, 1.82) is 0 Å². The number of aromatic nitrogens is 1. The van der Waals surface area contributed by atoms with Crippen molar-refractivity contribution in [2.45, 2.75) is 18.4 Å². The highest BCUT2D eigenvalue weighted by Crippen LogP contribution is 2.40. The quantitative estimate of drug-likeness (QED) is 0.841. The van der Waals surface area contributed by atoms with E-state index in [1.165, 1.54) is 0 Å². The van der Waals surface area contributed by atoms with Crippen LogP contribution in [0, 0.1) is 0 Å². The van der Waals surface area contributed by atoms with E-state index in [0.717, 1.165) is 0 Å². The van der Waals surface area contributed by atoms with Gasteiger partial charge < -0.3 is 14.4 Å². The molecule has 6 nitrogen and oxygen atoms in total. The monoisotopic (exact) mass is 338 g/mol. The van der Waals surface area contributed by atoms with Crippen LogP contribution >= 0.6 is 0 Å². The van der Waals surface area contributed by atoms with Crippen LogP contribution in [0.3, 0.4) is 0 Å². The summed E-state index contributed by atoms with van der Waals surface area (Å²) >= 11 is 0. The molecule has 2 aliphatic heterocycles. The van der Waals surface area contributed by atoms with Crippen LogP contribution in [-0.4, -0.2) is 47.4 Å². The van der Waals surface area contributed by atoms with E-state index in [2.05, 4.69) is 4.98 Å². The summed E-state index contributed by atoms with van der Waals surface area (Å²) in [6.45, 7) is 0.963. The molecule has 4 rings (SSSR count). The number of ketones is 1. The Labute approximate surface area is 145 Å². The fourth-order valence-electron chi connectivity index (χ4n) is 3.52. The highest BCUT2D eigenvalue weighted by atomic mass is 16.5. The Balaban J connectivity index is 1.56. The number of fused-ring (bicyclic) bond motifs is 1. The fourth-order valence-corrected chi connectivity index (χ4v) is 3.52. The second-order valence-electron chi connectivity index (χ2n) is 6.47. The lowest BCUT2D eigenvalue weighted by atomic mass is 9.89. The molecule has 0 aliphatic carbocycles. The Hall–Kier alpha value is -2.89. The zero-order chi connectivity index (χ0) is 17.4. The van der Waals surface area contributed by atoms with Gasteiger partial charge in [0.1, 0.15) is 17.1 Å². The van der Waals surface area contributed by atoms with Gasteiger partial charge in [-0.05, 0) is 30.3 Å². The van der Waals surface area contributed by atoms with Crippen LogP contribution in [-0.2, 0) is 0 Å². The van der Waals surface area contributed by atoms with E-state index in [1.807, 2.05) is 0 Å². The van der Waals surface area contributed by atoms with Crippen LogP contribution in [0.2, 0.25) is 0 Å². The van der Waals surface area contributed by atoms with E-state index >= 15 is 0 Å². The molecule has 1 atom stereocenters. The standard InChI is InChI=1S/C19H18N2O4/c1-24-14-4-5-17-15(9-14)16(22)10-19(25-17)6-8-21(12-19)18(23)13-3-2-7-20-11-13/h2-5,7,9,11H,6,8,10,12H2,1H3. The molecule has 1 spiro atoms. The van der Waals surface area contributed by atoms with Crippen molar-refractivity contribution >= 4 is 11.7 Å². The number of methoxy groups -OCH3 is 1. The first-order valence-corrected chi connectivity index (χ1v) is 8.20. The molecule has 1 fully saturated rings. The van der Waals surface area contributed by atoms with Gasteiger partial charge in [-0.3, -0.25) is 14.6 Å². The SMILES string of the molecule is COc1ccc2c(c1)C(=O)CC1(CCN(C(=O)c3cccnc3)C1)O2. The molecular weight excluding hydrogens is 320 g/mol. The van der Waals surface area contributed by atoms with Gasteiger partial charge in [-0.15, -0.1) is 0 Å². The lowest BCUT2D eigenvalue weighted by Crippen LogP contribution is -2.45. The van der Waals surface area contributed by atoms with Gasteiger partial charge in [-0.25, -0.2) is 0 Å². The maximum atomic E-state index is 12.6. The first-order chi connectivity index (χ1) is 12.1. The topological polar surface area (TPSA) is 68.7 Å². The van der Waals surface area contributed by atoms with Crippen molar-refractivity contribution in [3.8, 4) is 11.5 Å².